The summed E-state index contributed by atoms with van der Waals surface area (Å²) in [6.45, 7) is 4.38. The summed E-state index contributed by atoms with van der Waals surface area (Å²) >= 11 is 0. The van der Waals surface area contributed by atoms with Crippen molar-refractivity contribution in [2.75, 3.05) is 44.3 Å². The number of anilines is 1. The topological polar surface area (TPSA) is 88.3 Å². The van der Waals surface area contributed by atoms with Gasteiger partial charge in [-0.15, -0.1) is 0 Å². The van der Waals surface area contributed by atoms with Gasteiger partial charge in [-0.05, 0) is 35.7 Å². The van der Waals surface area contributed by atoms with Gasteiger partial charge in [0.2, 0.25) is 0 Å². The first-order valence-corrected chi connectivity index (χ1v) is 9.95. The summed E-state index contributed by atoms with van der Waals surface area (Å²) < 4.78 is 11.5. The van der Waals surface area contributed by atoms with Crippen molar-refractivity contribution in [3.63, 3.8) is 0 Å². The first-order chi connectivity index (χ1) is 14.1. The van der Waals surface area contributed by atoms with E-state index in [-0.39, 0.29) is 16.7 Å². The zero-order valence-electron chi connectivity index (χ0n) is 16.0. The van der Waals surface area contributed by atoms with Gasteiger partial charge in [0, 0.05) is 44.4 Å². The third-order valence-electron chi connectivity index (χ3n) is 6.12. The number of hydrogen-bond acceptors (Lipinski definition) is 7. The van der Waals surface area contributed by atoms with Crippen molar-refractivity contribution in [3.8, 4) is 11.5 Å². The number of nitro benzene ring substituents is 1. The second-order valence-corrected chi connectivity index (χ2v) is 7.68. The maximum atomic E-state index is 11.0. The summed E-state index contributed by atoms with van der Waals surface area (Å²) in [4.78, 5) is 15.2. The molecule has 3 aliphatic rings. The van der Waals surface area contributed by atoms with E-state index in [1.165, 1.54) is 6.07 Å². The molecule has 29 heavy (non-hydrogen) atoms. The van der Waals surface area contributed by atoms with E-state index in [1.54, 1.807) is 12.1 Å². The van der Waals surface area contributed by atoms with E-state index < -0.39 is 6.10 Å². The fourth-order valence-electron chi connectivity index (χ4n) is 4.65. The third kappa shape index (κ3) is 3.18. The lowest BCUT2D eigenvalue weighted by Crippen LogP contribution is -2.51. The first-order valence-electron chi connectivity index (χ1n) is 9.95. The Morgan fingerprint density at radius 2 is 1.86 bits per heavy atom. The van der Waals surface area contributed by atoms with Crippen LogP contribution in [0.25, 0.3) is 0 Å². The molecular weight excluding hydrogens is 374 g/mol. The minimum Gasteiger partial charge on any atom is -0.486 e. The van der Waals surface area contributed by atoms with Gasteiger partial charge >= 0.3 is 0 Å². The Hall–Kier alpha value is -2.84. The number of para-hydroxylation sites is 1. The number of aliphatic hydroxyl groups excluding tert-OH is 1. The van der Waals surface area contributed by atoms with E-state index in [9.17, 15) is 15.2 Å². The van der Waals surface area contributed by atoms with Crippen LogP contribution in [-0.2, 0) is 6.42 Å². The molecule has 0 spiro atoms. The Kier molecular flexibility index (Phi) is 4.52. The van der Waals surface area contributed by atoms with Crippen LogP contribution in [0.5, 0.6) is 11.5 Å². The Morgan fingerprint density at radius 3 is 2.66 bits per heavy atom. The predicted octanol–water partition coefficient (Wildman–Crippen LogP) is 2.15. The molecule has 1 saturated heterocycles. The average Bonchev–Trinajstić information content (AvgIpc) is 3.09. The van der Waals surface area contributed by atoms with E-state index in [0.717, 1.165) is 54.5 Å². The van der Waals surface area contributed by atoms with Gasteiger partial charge in [-0.2, -0.15) is 0 Å². The molecule has 1 aliphatic carbocycles. The number of nitro groups is 1. The molecule has 8 heteroatoms. The maximum absolute atomic E-state index is 11.0. The van der Waals surface area contributed by atoms with Gasteiger partial charge in [-0.1, -0.05) is 6.07 Å². The normalized spacial score (nSPS) is 23.7. The maximum Gasteiger partial charge on any atom is 0.269 e. The molecule has 2 atom stereocenters. The minimum atomic E-state index is -0.612. The van der Waals surface area contributed by atoms with Crippen molar-refractivity contribution in [1.29, 1.82) is 0 Å². The van der Waals surface area contributed by atoms with Crippen LogP contribution in [-0.4, -0.2) is 60.4 Å². The van der Waals surface area contributed by atoms with Crippen LogP contribution in [0, 0.1) is 10.1 Å². The van der Waals surface area contributed by atoms with Gasteiger partial charge in [-0.3, -0.25) is 15.0 Å². The second-order valence-electron chi connectivity index (χ2n) is 7.68. The molecule has 2 heterocycles. The number of fused-ring (bicyclic) bond motifs is 2. The predicted molar refractivity (Wildman–Crippen MR) is 107 cm³/mol. The van der Waals surface area contributed by atoms with Crippen molar-refractivity contribution in [1.82, 2.24) is 4.90 Å². The lowest BCUT2D eigenvalue weighted by atomic mass is 10.1. The quantitative estimate of drug-likeness (QED) is 0.627. The highest BCUT2D eigenvalue weighted by Gasteiger charge is 2.37. The molecule has 1 N–H and O–H groups in total. The molecule has 2 aromatic rings. The molecular formula is C21H23N3O5. The summed E-state index contributed by atoms with van der Waals surface area (Å²) in [6.07, 6.45) is 0.0224. The molecule has 0 amide bonds. The number of non-ortho nitro benzene ring substituents is 1. The van der Waals surface area contributed by atoms with E-state index >= 15 is 0 Å². The van der Waals surface area contributed by atoms with Gasteiger partial charge < -0.3 is 19.5 Å². The standard InChI is InChI=1S/C21H23N3O5/c25-20-16-5-4-15(24(26)27)12-14(16)13-18(20)23-8-6-22(7-9-23)17-2-1-3-19-21(17)29-11-10-28-19/h1-5,12,18,20,25H,6-11,13H2. The van der Waals surface area contributed by atoms with Crippen LogP contribution in [0.4, 0.5) is 11.4 Å². The molecule has 1 fully saturated rings. The fourth-order valence-corrected chi connectivity index (χ4v) is 4.65. The third-order valence-corrected chi connectivity index (χ3v) is 6.12. The van der Waals surface area contributed by atoms with Crippen LogP contribution >= 0.6 is 0 Å². The number of aliphatic hydroxyl groups is 1. The van der Waals surface area contributed by atoms with E-state index in [2.05, 4.69) is 15.9 Å². The fraction of sp³-hybridized carbons (Fsp3) is 0.429. The minimum absolute atomic E-state index is 0.0431. The van der Waals surface area contributed by atoms with Crippen molar-refractivity contribution in [3.05, 3.63) is 57.6 Å². The highest BCUT2D eigenvalue weighted by atomic mass is 16.6. The second kappa shape index (κ2) is 7.20. The van der Waals surface area contributed by atoms with Gasteiger partial charge in [-0.25, -0.2) is 0 Å². The summed E-state index contributed by atoms with van der Waals surface area (Å²) in [5.41, 5.74) is 2.82. The van der Waals surface area contributed by atoms with Crippen molar-refractivity contribution < 1.29 is 19.5 Å². The van der Waals surface area contributed by atoms with Crippen LogP contribution < -0.4 is 14.4 Å². The summed E-state index contributed by atoms with van der Waals surface area (Å²) in [5.74, 6) is 1.60. The molecule has 0 bridgehead atoms. The van der Waals surface area contributed by atoms with Gasteiger partial charge in [0.25, 0.3) is 5.69 Å². The van der Waals surface area contributed by atoms with Crippen molar-refractivity contribution >= 4 is 11.4 Å². The molecule has 0 aromatic heterocycles. The zero-order valence-corrected chi connectivity index (χ0v) is 16.0. The van der Waals surface area contributed by atoms with E-state index in [4.69, 9.17) is 9.47 Å². The van der Waals surface area contributed by atoms with Crippen LogP contribution in [0.3, 0.4) is 0 Å². The molecule has 2 aromatic carbocycles. The lowest BCUT2D eigenvalue weighted by Gasteiger charge is -2.40. The molecule has 5 rings (SSSR count). The Bertz CT molecular complexity index is 942. The largest absolute Gasteiger partial charge is 0.486 e. The number of piperazine rings is 1. The molecule has 2 unspecified atom stereocenters. The van der Waals surface area contributed by atoms with Crippen LogP contribution in [0.15, 0.2) is 36.4 Å². The number of ether oxygens (including phenoxy) is 2. The zero-order chi connectivity index (χ0) is 20.0. The Labute approximate surface area is 168 Å². The van der Waals surface area contributed by atoms with Crippen LogP contribution in [0.1, 0.15) is 17.2 Å². The highest BCUT2D eigenvalue weighted by Crippen LogP contribution is 2.41. The monoisotopic (exact) mass is 397 g/mol. The van der Waals surface area contributed by atoms with Crippen molar-refractivity contribution in [2.45, 2.75) is 18.6 Å². The van der Waals surface area contributed by atoms with Gasteiger partial charge in [0.15, 0.2) is 11.5 Å². The van der Waals surface area contributed by atoms with Gasteiger partial charge in [0.05, 0.1) is 16.7 Å². The summed E-state index contributed by atoms with van der Waals surface area (Å²) in [5, 5.41) is 21.8. The van der Waals surface area contributed by atoms with E-state index in [0.29, 0.717) is 19.6 Å². The SMILES string of the molecule is O=[N+]([O-])c1ccc2c(c1)CC(N1CCN(c3cccc4c3OCCO4)CC1)C2O. The lowest BCUT2D eigenvalue weighted by molar-refractivity contribution is -0.384. The summed E-state index contributed by atoms with van der Waals surface area (Å²) in [6, 6.07) is 10.7. The van der Waals surface area contributed by atoms with Crippen molar-refractivity contribution in [2.24, 2.45) is 0 Å². The smallest absolute Gasteiger partial charge is 0.269 e. The summed E-state index contributed by atoms with van der Waals surface area (Å²) in [7, 11) is 0. The molecule has 152 valence electrons. The van der Waals surface area contributed by atoms with Crippen LogP contribution in [0.2, 0.25) is 0 Å². The Morgan fingerprint density at radius 1 is 1.07 bits per heavy atom. The Balaban J connectivity index is 1.29. The van der Waals surface area contributed by atoms with Gasteiger partial charge in [0.1, 0.15) is 13.2 Å². The molecule has 0 saturated carbocycles. The number of benzene rings is 2. The highest BCUT2D eigenvalue weighted by molar-refractivity contribution is 5.65. The number of hydrogen-bond donors (Lipinski definition) is 1. The number of rotatable bonds is 3. The molecule has 0 radical (unpaired) electrons. The molecule has 8 nitrogen and oxygen atoms in total. The van der Waals surface area contributed by atoms with E-state index in [1.807, 2.05) is 12.1 Å². The molecule has 2 aliphatic heterocycles. The number of nitrogens with zero attached hydrogens (tertiary/aromatic N) is 3. The first kappa shape index (κ1) is 18.2. The average molecular weight is 397 g/mol.